The van der Waals surface area contributed by atoms with E-state index in [0.717, 1.165) is 11.4 Å². The second-order valence-corrected chi connectivity index (χ2v) is 8.03. The molecule has 7 heteroatoms. The van der Waals surface area contributed by atoms with E-state index >= 15 is 0 Å². The normalized spacial score (nSPS) is 12.0. The zero-order chi connectivity index (χ0) is 20.8. The Morgan fingerprint density at radius 1 is 1.07 bits per heavy atom. The Bertz CT molecular complexity index is 939. The van der Waals surface area contributed by atoms with E-state index in [2.05, 4.69) is 29.4 Å². The molecule has 1 heterocycles. The van der Waals surface area contributed by atoms with Crippen LogP contribution in [-0.4, -0.2) is 26.4 Å². The smallest absolute Gasteiger partial charge is 0.234 e. The molecule has 3 aromatic rings. The lowest BCUT2D eigenvalue weighted by Crippen LogP contribution is -2.15. The van der Waals surface area contributed by atoms with Gasteiger partial charge < -0.3 is 14.6 Å². The summed E-state index contributed by atoms with van der Waals surface area (Å²) in [5.74, 6) is 2.13. The number of aromatic nitrogens is 3. The van der Waals surface area contributed by atoms with Crippen LogP contribution < -0.4 is 10.1 Å². The maximum Gasteiger partial charge on any atom is 0.234 e. The van der Waals surface area contributed by atoms with Crippen molar-refractivity contribution in [3.8, 4) is 5.75 Å². The molecule has 0 unspecified atom stereocenters. The van der Waals surface area contributed by atoms with Crippen molar-refractivity contribution < 1.29 is 9.53 Å². The zero-order valence-electron chi connectivity index (χ0n) is 17.1. The van der Waals surface area contributed by atoms with Crippen LogP contribution in [0.5, 0.6) is 5.75 Å². The monoisotopic (exact) mass is 410 g/mol. The molecule has 2 aromatic carbocycles. The van der Waals surface area contributed by atoms with Crippen LogP contribution in [0.2, 0.25) is 0 Å². The second kappa shape index (κ2) is 9.60. The minimum absolute atomic E-state index is 0.0783. The Balaban J connectivity index is 1.55. The summed E-state index contributed by atoms with van der Waals surface area (Å²) in [5, 5.41) is 12.0. The maximum atomic E-state index is 12.3. The lowest BCUT2D eigenvalue weighted by Gasteiger charge is -2.14. The largest absolute Gasteiger partial charge is 0.483 e. The quantitative estimate of drug-likeness (QED) is 0.540. The number of benzene rings is 2. The van der Waals surface area contributed by atoms with Gasteiger partial charge in [0.15, 0.2) is 17.1 Å². The average molecular weight is 411 g/mol. The summed E-state index contributed by atoms with van der Waals surface area (Å²) < 4.78 is 7.78. The molecule has 1 atom stereocenters. The Kier molecular flexibility index (Phi) is 6.93. The highest BCUT2D eigenvalue weighted by atomic mass is 32.2. The topological polar surface area (TPSA) is 69.0 Å². The van der Waals surface area contributed by atoms with Crippen LogP contribution in [0.15, 0.2) is 59.8 Å². The Labute approximate surface area is 175 Å². The summed E-state index contributed by atoms with van der Waals surface area (Å²) >= 11 is 1.35. The molecule has 0 saturated heterocycles. The van der Waals surface area contributed by atoms with Gasteiger partial charge in [0.25, 0.3) is 0 Å². The molecule has 29 heavy (non-hydrogen) atoms. The van der Waals surface area contributed by atoms with Crippen molar-refractivity contribution in [2.24, 2.45) is 7.05 Å². The molecular formula is C22H26N4O2S. The molecule has 6 nitrogen and oxygen atoms in total. The number of para-hydroxylation sites is 1. The lowest BCUT2D eigenvalue weighted by molar-refractivity contribution is -0.113. The summed E-state index contributed by atoms with van der Waals surface area (Å²) in [6, 6.07) is 17.5. The first-order valence-corrected chi connectivity index (χ1v) is 10.6. The van der Waals surface area contributed by atoms with Crippen molar-refractivity contribution in [3.63, 3.8) is 0 Å². The lowest BCUT2D eigenvalue weighted by atomic mass is 10.0. The van der Waals surface area contributed by atoms with Gasteiger partial charge in [0, 0.05) is 12.7 Å². The van der Waals surface area contributed by atoms with Crippen molar-refractivity contribution in [1.82, 2.24) is 14.8 Å². The molecule has 0 aliphatic rings. The van der Waals surface area contributed by atoms with E-state index in [1.165, 1.54) is 17.3 Å². The molecule has 3 rings (SSSR count). The second-order valence-electron chi connectivity index (χ2n) is 7.09. The molecule has 0 fully saturated rings. The summed E-state index contributed by atoms with van der Waals surface area (Å²) in [4.78, 5) is 12.3. The third-order valence-electron chi connectivity index (χ3n) is 4.48. The van der Waals surface area contributed by atoms with Crippen LogP contribution in [-0.2, 0) is 11.8 Å². The highest BCUT2D eigenvalue weighted by Gasteiger charge is 2.18. The predicted molar refractivity (Wildman–Crippen MR) is 116 cm³/mol. The Hall–Kier alpha value is -2.80. The molecule has 152 valence electrons. The third kappa shape index (κ3) is 5.60. The summed E-state index contributed by atoms with van der Waals surface area (Å²) in [5.41, 5.74) is 2.04. The number of hydrogen-bond acceptors (Lipinski definition) is 5. The average Bonchev–Trinajstić information content (AvgIpc) is 3.08. The molecule has 0 saturated carbocycles. The fraction of sp³-hybridized carbons (Fsp3) is 0.318. The van der Waals surface area contributed by atoms with Crippen LogP contribution in [0, 0.1) is 0 Å². The van der Waals surface area contributed by atoms with Gasteiger partial charge in [-0.1, -0.05) is 55.9 Å². The van der Waals surface area contributed by atoms with Gasteiger partial charge >= 0.3 is 0 Å². The van der Waals surface area contributed by atoms with Crippen LogP contribution in [0.3, 0.4) is 0 Å². The molecule has 1 N–H and O–H groups in total. The number of hydrogen-bond donors (Lipinski definition) is 1. The molecular weight excluding hydrogens is 384 g/mol. The van der Waals surface area contributed by atoms with Crippen LogP contribution in [0.1, 0.15) is 44.2 Å². The van der Waals surface area contributed by atoms with Gasteiger partial charge in [-0.05, 0) is 42.7 Å². The number of rotatable bonds is 8. The van der Waals surface area contributed by atoms with Gasteiger partial charge in [0.05, 0.1) is 5.75 Å². The maximum absolute atomic E-state index is 12.3. The third-order valence-corrected chi connectivity index (χ3v) is 5.50. The Morgan fingerprint density at radius 3 is 2.41 bits per heavy atom. The summed E-state index contributed by atoms with van der Waals surface area (Å²) in [7, 11) is 1.88. The molecule has 0 spiro atoms. The van der Waals surface area contributed by atoms with E-state index in [1.807, 2.05) is 73.1 Å². The first-order valence-electron chi connectivity index (χ1n) is 9.57. The number of carbonyl (C=O) groups excluding carboxylic acids is 1. The van der Waals surface area contributed by atoms with Gasteiger partial charge in [-0.25, -0.2) is 0 Å². The van der Waals surface area contributed by atoms with E-state index < -0.39 is 0 Å². The van der Waals surface area contributed by atoms with Crippen molar-refractivity contribution in [3.05, 3.63) is 66.0 Å². The predicted octanol–water partition coefficient (Wildman–Crippen LogP) is 4.81. The molecule has 0 radical (unpaired) electrons. The number of thioether (sulfide) groups is 1. The molecule has 0 aliphatic heterocycles. The van der Waals surface area contributed by atoms with Gasteiger partial charge in [-0.2, -0.15) is 0 Å². The number of nitrogens with one attached hydrogen (secondary N) is 1. The van der Waals surface area contributed by atoms with E-state index in [0.29, 0.717) is 16.9 Å². The summed E-state index contributed by atoms with van der Waals surface area (Å²) in [6.07, 6.45) is -0.252. The standard InChI is InChI=1S/C22H26N4O2S/c1-15(2)17-10-12-18(13-11-17)23-20(27)14-29-22-25-24-21(26(22)4)16(3)28-19-8-6-5-7-9-19/h5-13,15-16H,14H2,1-4H3,(H,23,27)/t16-/m1/s1. The van der Waals surface area contributed by atoms with Gasteiger partial charge in [0.1, 0.15) is 5.75 Å². The minimum atomic E-state index is -0.252. The van der Waals surface area contributed by atoms with Crippen molar-refractivity contribution in [2.75, 3.05) is 11.1 Å². The molecule has 1 amide bonds. The molecule has 0 bridgehead atoms. The van der Waals surface area contributed by atoms with Crippen LogP contribution in [0.25, 0.3) is 0 Å². The number of nitrogens with zero attached hydrogens (tertiary/aromatic N) is 3. The minimum Gasteiger partial charge on any atom is -0.483 e. The highest BCUT2D eigenvalue weighted by molar-refractivity contribution is 7.99. The number of ether oxygens (including phenoxy) is 1. The molecule has 0 aliphatic carbocycles. The van der Waals surface area contributed by atoms with Gasteiger partial charge in [-0.15, -0.1) is 10.2 Å². The number of amides is 1. The number of carbonyl (C=O) groups is 1. The fourth-order valence-corrected chi connectivity index (χ4v) is 3.56. The first kappa shape index (κ1) is 20.9. The van der Waals surface area contributed by atoms with E-state index in [-0.39, 0.29) is 17.8 Å². The van der Waals surface area contributed by atoms with Crippen molar-refractivity contribution >= 4 is 23.4 Å². The van der Waals surface area contributed by atoms with Crippen molar-refractivity contribution in [2.45, 2.75) is 37.9 Å². The number of anilines is 1. The van der Waals surface area contributed by atoms with Gasteiger partial charge in [-0.3, -0.25) is 4.79 Å². The van der Waals surface area contributed by atoms with E-state index in [9.17, 15) is 4.79 Å². The van der Waals surface area contributed by atoms with Gasteiger partial charge in [0.2, 0.25) is 5.91 Å². The first-order chi connectivity index (χ1) is 13.9. The van der Waals surface area contributed by atoms with E-state index in [4.69, 9.17) is 4.74 Å². The Morgan fingerprint density at radius 2 is 1.76 bits per heavy atom. The van der Waals surface area contributed by atoms with Crippen LogP contribution >= 0.6 is 11.8 Å². The molecule has 1 aromatic heterocycles. The zero-order valence-corrected chi connectivity index (χ0v) is 17.9. The fourth-order valence-electron chi connectivity index (χ4n) is 2.84. The van der Waals surface area contributed by atoms with E-state index in [1.54, 1.807) is 0 Å². The highest BCUT2D eigenvalue weighted by Crippen LogP contribution is 2.23. The summed E-state index contributed by atoms with van der Waals surface area (Å²) in [6.45, 7) is 6.22. The SMILES string of the molecule is CC(C)c1ccc(NC(=O)CSc2nnc([C@@H](C)Oc3ccccc3)n2C)cc1. The van der Waals surface area contributed by atoms with Crippen LogP contribution in [0.4, 0.5) is 5.69 Å². The van der Waals surface area contributed by atoms with Crippen molar-refractivity contribution in [1.29, 1.82) is 0 Å².